The predicted molar refractivity (Wildman–Crippen MR) is 114 cm³/mol. The lowest BCUT2D eigenvalue weighted by Crippen LogP contribution is -2.46. The number of piperidine rings is 1. The van der Waals surface area contributed by atoms with E-state index in [1.54, 1.807) is 21.8 Å². The second kappa shape index (κ2) is 10.6. The van der Waals surface area contributed by atoms with Crippen LogP contribution in [0.4, 0.5) is 4.79 Å². The monoisotopic (exact) mass is 437 g/mol. The molecule has 2 aromatic rings. The first-order valence-corrected chi connectivity index (χ1v) is 12.1. The molecule has 1 aromatic heterocycles. The summed E-state index contributed by atoms with van der Waals surface area (Å²) in [6.45, 7) is 1.73. The van der Waals surface area contributed by atoms with Crippen molar-refractivity contribution < 1.29 is 17.9 Å². The highest BCUT2D eigenvalue weighted by molar-refractivity contribution is 7.91. The maximum atomic E-state index is 12.9. The van der Waals surface area contributed by atoms with Crippen molar-refractivity contribution >= 4 is 27.4 Å². The number of carbonyl (C=O) groups is 1. The summed E-state index contributed by atoms with van der Waals surface area (Å²) in [6, 6.07) is 12.5. The average Bonchev–Trinajstić information content (AvgIpc) is 3.28. The van der Waals surface area contributed by atoms with E-state index >= 15 is 0 Å². The molecule has 1 aliphatic heterocycles. The van der Waals surface area contributed by atoms with Gasteiger partial charge in [-0.05, 0) is 42.8 Å². The van der Waals surface area contributed by atoms with Gasteiger partial charge in [0.2, 0.25) is 0 Å². The number of carbonyl (C=O) groups excluding carboxylic acids is 1. The van der Waals surface area contributed by atoms with Crippen LogP contribution in [0.3, 0.4) is 0 Å². The molecule has 1 saturated heterocycles. The van der Waals surface area contributed by atoms with E-state index in [1.165, 1.54) is 11.3 Å². The molecular formula is C20H27N3O4S2. The van der Waals surface area contributed by atoms with E-state index in [4.69, 9.17) is 4.74 Å². The summed E-state index contributed by atoms with van der Waals surface area (Å²) in [5, 5.41) is 7.34. The fraction of sp³-hybridized carbons (Fsp3) is 0.450. The van der Waals surface area contributed by atoms with Crippen molar-refractivity contribution in [3.63, 3.8) is 0 Å². The van der Waals surface area contributed by atoms with Crippen molar-refractivity contribution in [1.82, 2.24) is 14.9 Å². The molecule has 1 fully saturated rings. The third-order valence-electron chi connectivity index (χ3n) is 4.79. The molecular weight excluding hydrogens is 410 g/mol. The molecule has 1 unspecified atom stereocenters. The molecule has 2 heterocycles. The van der Waals surface area contributed by atoms with Crippen LogP contribution in [-0.2, 0) is 10.0 Å². The molecule has 0 bridgehead atoms. The molecule has 9 heteroatoms. The summed E-state index contributed by atoms with van der Waals surface area (Å²) in [5.41, 5.74) is 0. The van der Waals surface area contributed by atoms with Gasteiger partial charge in [-0.25, -0.2) is 13.2 Å². The van der Waals surface area contributed by atoms with E-state index in [9.17, 15) is 13.2 Å². The number of rotatable bonds is 9. The van der Waals surface area contributed by atoms with Gasteiger partial charge >= 0.3 is 6.03 Å². The number of nitrogens with zero attached hydrogens (tertiary/aromatic N) is 1. The molecule has 2 N–H and O–H groups in total. The summed E-state index contributed by atoms with van der Waals surface area (Å²) in [4.78, 5) is 12.0. The van der Waals surface area contributed by atoms with Gasteiger partial charge in [-0.3, -0.25) is 0 Å². The minimum atomic E-state index is -3.46. The lowest BCUT2D eigenvalue weighted by atomic mass is 10.0. The highest BCUT2D eigenvalue weighted by atomic mass is 32.2. The zero-order valence-electron chi connectivity index (χ0n) is 16.2. The van der Waals surface area contributed by atoms with E-state index in [-0.39, 0.29) is 12.1 Å². The Labute approximate surface area is 176 Å². The van der Waals surface area contributed by atoms with Gasteiger partial charge in [0.1, 0.15) is 16.6 Å². The van der Waals surface area contributed by atoms with E-state index < -0.39 is 10.0 Å². The summed E-state index contributed by atoms with van der Waals surface area (Å²) >= 11 is 1.24. The van der Waals surface area contributed by atoms with Gasteiger partial charge < -0.3 is 15.4 Å². The van der Waals surface area contributed by atoms with Gasteiger partial charge in [-0.15, -0.1) is 11.3 Å². The molecule has 1 aliphatic rings. The minimum Gasteiger partial charge on any atom is -0.492 e. The largest absolute Gasteiger partial charge is 0.492 e. The zero-order valence-corrected chi connectivity index (χ0v) is 17.9. The van der Waals surface area contributed by atoms with Crippen molar-refractivity contribution in [1.29, 1.82) is 0 Å². The molecule has 0 aliphatic carbocycles. The topological polar surface area (TPSA) is 87.7 Å². The third kappa shape index (κ3) is 6.19. The molecule has 1 atom stereocenters. The molecule has 29 heavy (non-hydrogen) atoms. The zero-order chi connectivity index (χ0) is 20.5. The van der Waals surface area contributed by atoms with Crippen LogP contribution < -0.4 is 15.4 Å². The van der Waals surface area contributed by atoms with Crippen LogP contribution in [0, 0.1) is 0 Å². The molecule has 2 amide bonds. The maximum Gasteiger partial charge on any atom is 0.314 e. The van der Waals surface area contributed by atoms with Crippen LogP contribution in [0.2, 0.25) is 0 Å². The summed E-state index contributed by atoms with van der Waals surface area (Å²) < 4.78 is 33.3. The number of ether oxygens (including phenoxy) is 1. The molecule has 0 saturated carbocycles. The van der Waals surface area contributed by atoms with Crippen molar-refractivity contribution in [2.45, 2.75) is 35.9 Å². The highest BCUT2D eigenvalue weighted by Crippen LogP contribution is 2.28. The fourth-order valence-electron chi connectivity index (χ4n) is 3.37. The quantitative estimate of drug-likeness (QED) is 0.590. The van der Waals surface area contributed by atoms with E-state index in [0.29, 0.717) is 36.9 Å². The number of thiophene rings is 1. The van der Waals surface area contributed by atoms with Crippen molar-refractivity contribution in [2.24, 2.45) is 0 Å². The van der Waals surface area contributed by atoms with Crippen LogP contribution in [-0.4, -0.2) is 51.0 Å². The van der Waals surface area contributed by atoms with Crippen LogP contribution in [0.1, 0.15) is 25.7 Å². The number of sulfonamides is 1. The smallest absolute Gasteiger partial charge is 0.314 e. The van der Waals surface area contributed by atoms with E-state index in [1.807, 2.05) is 30.3 Å². The van der Waals surface area contributed by atoms with Gasteiger partial charge in [-0.2, -0.15) is 4.31 Å². The lowest BCUT2D eigenvalue weighted by Gasteiger charge is -2.34. The lowest BCUT2D eigenvalue weighted by molar-refractivity contribution is 0.226. The Kier molecular flexibility index (Phi) is 7.91. The number of benzene rings is 1. The summed E-state index contributed by atoms with van der Waals surface area (Å²) in [6.07, 6.45) is 3.29. The normalized spacial score (nSPS) is 17.6. The van der Waals surface area contributed by atoms with Crippen molar-refractivity contribution in [3.8, 4) is 5.75 Å². The highest BCUT2D eigenvalue weighted by Gasteiger charge is 2.33. The van der Waals surface area contributed by atoms with Crippen molar-refractivity contribution in [2.75, 3.05) is 26.2 Å². The number of hydrogen-bond acceptors (Lipinski definition) is 5. The maximum absolute atomic E-state index is 12.9. The molecule has 1 aromatic carbocycles. The van der Waals surface area contributed by atoms with Crippen LogP contribution in [0.25, 0.3) is 0 Å². The fourth-order valence-corrected chi connectivity index (χ4v) is 6.21. The molecule has 7 nitrogen and oxygen atoms in total. The first kappa shape index (κ1) is 21.6. The van der Waals surface area contributed by atoms with Crippen LogP contribution in [0.5, 0.6) is 5.75 Å². The van der Waals surface area contributed by atoms with Gasteiger partial charge in [0.15, 0.2) is 0 Å². The number of amides is 2. The number of hydrogen-bond donors (Lipinski definition) is 2. The van der Waals surface area contributed by atoms with Gasteiger partial charge in [0.05, 0.1) is 6.54 Å². The van der Waals surface area contributed by atoms with E-state index in [2.05, 4.69) is 10.6 Å². The minimum absolute atomic E-state index is 0.0856. The Morgan fingerprint density at radius 1 is 1.10 bits per heavy atom. The third-order valence-corrected chi connectivity index (χ3v) is 8.12. The Morgan fingerprint density at radius 2 is 1.90 bits per heavy atom. The number of para-hydroxylation sites is 1. The second-order valence-electron chi connectivity index (χ2n) is 6.83. The van der Waals surface area contributed by atoms with Gasteiger partial charge in [0, 0.05) is 19.1 Å². The first-order chi connectivity index (χ1) is 14.1. The Hall–Kier alpha value is -2.10. The molecule has 0 radical (unpaired) electrons. The second-order valence-corrected chi connectivity index (χ2v) is 9.90. The van der Waals surface area contributed by atoms with Crippen LogP contribution in [0.15, 0.2) is 52.1 Å². The van der Waals surface area contributed by atoms with E-state index in [0.717, 1.165) is 25.0 Å². The molecule has 158 valence electrons. The average molecular weight is 438 g/mol. The molecule has 0 spiro atoms. The number of nitrogens with one attached hydrogen (secondary N) is 2. The SMILES string of the molecule is O=C(NCCOc1ccccc1)NCCC1CCCCN1S(=O)(=O)c1cccs1. The molecule has 3 rings (SSSR count). The van der Waals surface area contributed by atoms with Gasteiger partial charge in [-0.1, -0.05) is 30.7 Å². The summed E-state index contributed by atoms with van der Waals surface area (Å²) in [5.74, 6) is 0.763. The Morgan fingerprint density at radius 3 is 2.66 bits per heavy atom. The van der Waals surface area contributed by atoms with Crippen LogP contribution >= 0.6 is 11.3 Å². The first-order valence-electron chi connectivity index (χ1n) is 9.82. The number of urea groups is 1. The summed E-state index contributed by atoms with van der Waals surface area (Å²) in [7, 11) is -3.46. The van der Waals surface area contributed by atoms with Crippen molar-refractivity contribution in [3.05, 3.63) is 47.8 Å². The standard InChI is InChI=1S/C20H27N3O4S2/c24-20(22-13-15-27-18-8-2-1-3-9-18)21-12-11-17-7-4-5-14-23(17)29(25,26)19-10-6-16-28-19/h1-3,6,8-10,16-17H,4-5,7,11-15H2,(H2,21,22,24). The van der Waals surface area contributed by atoms with Gasteiger partial charge in [0.25, 0.3) is 10.0 Å². The Balaban J connectivity index is 1.39. The Bertz CT molecular complexity index is 857. The predicted octanol–water partition coefficient (Wildman–Crippen LogP) is 3.06.